The Bertz CT molecular complexity index is 450. The second-order valence-corrected chi connectivity index (χ2v) is 5.10. The van der Waals surface area contributed by atoms with Gasteiger partial charge in [0.15, 0.2) is 0 Å². The third-order valence-electron chi connectivity index (χ3n) is 3.54. The fraction of sp³-hybridized carbons (Fsp3) is 0.500. The zero-order valence-corrected chi connectivity index (χ0v) is 10.4. The quantitative estimate of drug-likeness (QED) is 0.804. The number of hydrogen-bond acceptors (Lipinski definition) is 3. The lowest BCUT2D eigenvalue weighted by molar-refractivity contribution is 0.0351. The highest BCUT2D eigenvalue weighted by molar-refractivity contribution is 5.53. The topological polar surface area (TPSA) is 47.3 Å². The Kier molecular flexibility index (Phi) is 3.08. The summed E-state index contributed by atoms with van der Waals surface area (Å²) in [5.41, 5.74) is 2.38. The summed E-state index contributed by atoms with van der Waals surface area (Å²) in [7, 11) is 0. The van der Waals surface area contributed by atoms with Crippen LogP contribution in [0.1, 0.15) is 30.9 Å². The maximum atomic E-state index is 9.91. The molecule has 0 bridgehead atoms. The Morgan fingerprint density at radius 2 is 2.00 bits per heavy atom. The average Bonchev–Trinajstić information content (AvgIpc) is 2.29. The molecule has 1 aromatic rings. The van der Waals surface area contributed by atoms with E-state index in [-0.39, 0.29) is 0 Å². The van der Waals surface area contributed by atoms with Crippen LogP contribution in [0.2, 0.25) is 0 Å². The van der Waals surface area contributed by atoms with Crippen LogP contribution in [0.25, 0.3) is 0 Å². The zero-order chi connectivity index (χ0) is 12.5. The molecule has 0 aliphatic carbocycles. The van der Waals surface area contributed by atoms with Gasteiger partial charge in [0.25, 0.3) is 0 Å². The van der Waals surface area contributed by atoms with Crippen LogP contribution in [0.3, 0.4) is 0 Å². The van der Waals surface area contributed by atoms with E-state index in [9.17, 15) is 5.11 Å². The standard InChI is InChI=1S/C14H18N2O/c1-11-9-13(4-3-12(11)10-15)16-7-5-14(2,17)6-8-16/h3-4,9,17H,5-8H2,1-2H3. The summed E-state index contributed by atoms with van der Waals surface area (Å²) in [4.78, 5) is 2.27. The van der Waals surface area contributed by atoms with E-state index in [0.717, 1.165) is 42.7 Å². The largest absolute Gasteiger partial charge is 0.390 e. The van der Waals surface area contributed by atoms with E-state index in [1.54, 1.807) is 0 Å². The second kappa shape index (κ2) is 4.38. The molecule has 0 saturated carbocycles. The van der Waals surface area contributed by atoms with Gasteiger partial charge in [-0.3, -0.25) is 0 Å². The van der Waals surface area contributed by atoms with E-state index in [1.165, 1.54) is 0 Å². The van der Waals surface area contributed by atoms with Gasteiger partial charge in [-0.2, -0.15) is 5.26 Å². The van der Waals surface area contributed by atoms with E-state index in [4.69, 9.17) is 5.26 Å². The molecule has 0 amide bonds. The minimum atomic E-state index is -0.516. The van der Waals surface area contributed by atoms with Gasteiger partial charge in [0.05, 0.1) is 17.2 Å². The van der Waals surface area contributed by atoms with Crippen molar-refractivity contribution in [2.24, 2.45) is 0 Å². The first-order chi connectivity index (χ1) is 8.02. The third-order valence-corrected chi connectivity index (χ3v) is 3.54. The Morgan fingerprint density at radius 1 is 1.35 bits per heavy atom. The van der Waals surface area contributed by atoms with Gasteiger partial charge in [-0.25, -0.2) is 0 Å². The molecule has 0 radical (unpaired) electrons. The molecule has 0 spiro atoms. The molecular weight excluding hydrogens is 212 g/mol. The predicted octanol–water partition coefficient (Wildman–Crippen LogP) is 2.22. The van der Waals surface area contributed by atoms with Gasteiger partial charge in [0.1, 0.15) is 0 Å². The Morgan fingerprint density at radius 3 is 2.53 bits per heavy atom. The van der Waals surface area contributed by atoms with Crippen molar-refractivity contribution in [2.45, 2.75) is 32.3 Å². The first-order valence-electron chi connectivity index (χ1n) is 6.00. The van der Waals surface area contributed by atoms with Crippen molar-refractivity contribution in [3.05, 3.63) is 29.3 Å². The van der Waals surface area contributed by atoms with Crippen LogP contribution < -0.4 is 4.90 Å². The van der Waals surface area contributed by atoms with Crippen molar-refractivity contribution >= 4 is 5.69 Å². The molecule has 1 N–H and O–H groups in total. The molecule has 3 nitrogen and oxygen atoms in total. The lowest BCUT2D eigenvalue weighted by Gasteiger charge is -2.37. The van der Waals surface area contributed by atoms with E-state index in [2.05, 4.69) is 17.0 Å². The van der Waals surface area contributed by atoms with E-state index in [0.29, 0.717) is 0 Å². The van der Waals surface area contributed by atoms with E-state index in [1.807, 2.05) is 26.0 Å². The van der Waals surface area contributed by atoms with Crippen molar-refractivity contribution in [3.63, 3.8) is 0 Å². The number of aryl methyl sites for hydroxylation is 1. The lowest BCUT2D eigenvalue weighted by atomic mass is 9.93. The number of nitrogens with zero attached hydrogens (tertiary/aromatic N) is 2. The minimum absolute atomic E-state index is 0.516. The fourth-order valence-electron chi connectivity index (χ4n) is 2.22. The third kappa shape index (κ3) is 2.59. The maximum absolute atomic E-state index is 9.91. The summed E-state index contributed by atoms with van der Waals surface area (Å²) in [6.45, 7) is 5.60. The van der Waals surface area contributed by atoms with Gasteiger partial charge in [0.2, 0.25) is 0 Å². The smallest absolute Gasteiger partial charge is 0.0994 e. The SMILES string of the molecule is Cc1cc(N2CCC(C)(O)CC2)ccc1C#N. The number of benzene rings is 1. The van der Waals surface area contributed by atoms with Crippen LogP contribution in [0, 0.1) is 18.3 Å². The summed E-state index contributed by atoms with van der Waals surface area (Å²) >= 11 is 0. The number of rotatable bonds is 1. The molecule has 1 saturated heterocycles. The van der Waals surface area contributed by atoms with Crippen molar-refractivity contribution in [2.75, 3.05) is 18.0 Å². The summed E-state index contributed by atoms with van der Waals surface area (Å²) < 4.78 is 0. The van der Waals surface area contributed by atoms with Crippen LogP contribution in [0.15, 0.2) is 18.2 Å². The summed E-state index contributed by atoms with van der Waals surface area (Å²) in [6.07, 6.45) is 1.60. The fourth-order valence-corrected chi connectivity index (χ4v) is 2.22. The van der Waals surface area contributed by atoms with Crippen molar-refractivity contribution in [1.29, 1.82) is 5.26 Å². The number of anilines is 1. The first kappa shape index (κ1) is 11.9. The number of hydrogen-bond donors (Lipinski definition) is 1. The van der Waals surface area contributed by atoms with Crippen LogP contribution in [-0.4, -0.2) is 23.8 Å². The highest BCUT2D eigenvalue weighted by atomic mass is 16.3. The molecule has 2 rings (SSSR count). The molecular formula is C14H18N2O. The molecule has 0 atom stereocenters. The predicted molar refractivity (Wildman–Crippen MR) is 68.0 cm³/mol. The van der Waals surface area contributed by atoms with Crippen LogP contribution in [0.4, 0.5) is 5.69 Å². The Balaban J connectivity index is 2.14. The number of aliphatic hydroxyl groups is 1. The van der Waals surface area contributed by atoms with Crippen LogP contribution >= 0.6 is 0 Å². The number of nitriles is 1. The van der Waals surface area contributed by atoms with Crippen molar-refractivity contribution < 1.29 is 5.11 Å². The van der Waals surface area contributed by atoms with Crippen molar-refractivity contribution in [3.8, 4) is 6.07 Å². The highest BCUT2D eigenvalue weighted by Gasteiger charge is 2.27. The second-order valence-electron chi connectivity index (χ2n) is 5.10. The van der Waals surface area contributed by atoms with Gasteiger partial charge in [-0.05, 0) is 50.5 Å². The van der Waals surface area contributed by atoms with Gasteiger partial charge in [0, 0.05) is 18.8 Å². The van der Waals surface area contributed by atoms with Crippen molar-refractivity contribution in [1.82, 2.24) is 0 Å². The zero-order valence-electron chi connectivity index (χ0n) is 10.4. The molecule has 1 aliphatic rings. The summed E-state index contributed by atoms with van der Waals surface area (Å²) in [5, 5.41) is 18.8. The monoisotopic (exact) mass is 230 g/mol. The molecule has 1 heterocycles. The first-order valence-corrected chi connectivity index (χ1v) is 6.00. The normalized spacial score (nSPS) is 18.8. The molecule has 1 aliphatic heterocycles. The van der Waals surface area contributed by atoms with Crippen LogP contribution in [0.5, 0.6) is 0 Å². The molecule has 17 heavy (non-hydrogen) atoms. The average molecular weight is 230 g/mol. The molecule has 90 valence electrons. The maximum Gasteiger partial charge on any atom is 0.0994 e. The summed E-state index contributed by atoms with van der Waals surface area (Å²) in [5.74, 6) is 0. The number of piperidine rings is 1. The molecule has 0 aromatic heterocycles. The van der Waals surface area contributed by atoms with E-state index >= 15 is 0 Å². The Labute approximate surface area is 102 Å². The molecule has 1 fully saturated rings. The minimum Gasteiger partial charge on any atom is -0.390 e. The molecule has 0 unspecified atom stereocenters. The lowest BCUT2D eigenvalue weighted by Crippen LogP contribution is -2.42. The van der Waals surface area contributed by atoms with Crippen LogP contribution in [-0.2, 0) is 0 Å². The van der Waals surface area contributed by atoms with E-state index < -0.39 is 5.60 Å². The summed E-state index contributed by atoms with van der Waals surface area (Å²) in [6, 6.07) is 8.10. The van der Waals surface area contributed by atoms with Gasteiger partial charge < -0.3 is 10.0 Å². The molecule has 1 aromatic carbocycles. The van der Waals surface area contributed by atoms with Gasteiger partial charge in [-0.1, -0.05) is 0 Å². The van der Waals surface area contributed by atoms with Gasteiger partial charge >= 0.3 is 0 Å². The molecule has 3 heteroatoms. The highest BCUT2D eigenvalue weighted by Crippen LogP contribution is 2.26. The Hall–Kier alpha value is -1.53. The van der Waals surface area contributed by atoms with Gasteiger partial charge in [-0.15, -0.1) is 0 Å².